The van der Waals surface area contributed by atoms with E-state index in [1.165, 1.54) is 0 Å². The third-order valence-electron chi connectivity index (χ3n) is 2.61. The van der Waals surface area contributed by atoms with Crippen molar-refractivity contribution in [1.29, 1.82) is 0 Å². The summed E-state index contributed by atoms with van der Waals surface area (Å²) in [7, 11) is -3.47. The van der Waals surface area contributed by atoms with Crippen LogP contribution in [0.25, 0.3) is 0 Å². The molecule has 3 N–H and O–H groups in total. The van der Waals surface area contributed by atoms with Crippen LogP contribution in [0.4, 0.5) is 5.69 Å². The minimum atomic E-state index is -3.47. The van der Waals surface area contributed by atoms with Gasteiger partial charge in [0, 0.05) is 19.1 Å². The zero-order valence-electron chi connectivity index (χ0n) is 12.4. The summed E-state index contributed by atoms with van der Waals surface area (Å²) in [5, 5.41) is 6.44. The molecule has 0 aliphatic rings. The average molecular weight is 299 g/mol. The molecule has 0 bridgehead atoms. The van der Waals surface area contributed by atoms with Crippen molar-refractivity contribution in [3.8, 4) is 0 Å². The van der Waals surface area contributed by atoms with Crippen LogP contribution >= 0.6 is 0 Å². The van der Waals surface area contributed by atoms with E-state index in [1.807, 2.05) is 19.9 Å². The fraction of sp³-hybridized carbons (Fsp3) is 0.571. The zero-order valence-corrected chi connectivity index (χ0v) is 13.3. The van der Waals surface area contributed by atoms with Crippen LogP contribution in [0.5, 0.6) is 0 Å². The van der Waals surface area contributed by atoms with E-state index in [0.29, 0.717) is 17.1 Å². The van der Waals surface area contributed by atoms with E-state index >= 15 is 0 Å². The van der Waals surface area contributed by atoms with Crippen LogP contribution in [-0.4, -0.2) is 34.1 Å². The smallest absolute Gasteiger partial charge is 0.242 e. The fourth-order valence-electron chi connectivity index (χ4n) is 1.81. The Bertz CT molecular complexity index is 501. The number of rotatable bonds is 9. The highest BCUT2D eigenvalue weighted by atomic mass is 32.2. The number of benzene rings is 1. The lowest BCUT2D eigenvalue weighted by Gasteiger charge is -2.14. The Morgan fingerprint density at radius 2 is 1.80 bits per heavy atom. The highest BCUT2D eigenvalue weighted by Gasteiger charge is 2.18. The number of para-hydroxylation sites is 1. The SMILES string of the molecule is CCCNCCNc1ccccc1S(=O)(=O)NC(C)C. The third-order valence-corrected chi connectivity index (χ3v) is 4.33. The topological polar surface area (TPSA) is 70.2 Å². The lowest BCUT2D eigenvalue weighted by molar-refractivity contribution is 0.570. The molecule has 0 fully saturated rings. The standard InChI is InChI=1S/C14H25N3O2S/c1-4-9-15-10-11-16-13-7-5-6-8-14(13)20(18,19)17-12(2)3/h5-8,12,15-17H,4,9-11H2,1-3H3. The highest BCUT2D eigenvalue weighted by Crippen LogP contribution is 2.20. The van der Waals surface area contributed by atoms with Crippen molar-refractivity contribution in [2.24, 2.45) is 0 Å². The fourth-order valence-corrected chi connectivity index (χ4v) is 3.24. The van der Waals surface area contributed by atoms with Crippen LogP contribution in [0.3, 0.4) is 0 Å². The van der Waals surface area contributed by atoms with Gasteiger partial charge < -0.3 is 10.6 Å². The van der Waals surface area contributed by atoms with Crippen molar-refractivity contribution in [2.45, 2.75) is 38.1 Å². The predicted octanol–water partition coefficient (Wildman–Crippen LogP) is 1.78. The molecule has 0 unspecified atom stereocenters. The average Bonchev–Trinajstić information content (AvgIpc) is 2.37. The lowest BCUT2D eigenvalue weighted by Crippen LogP contribution is -2.31. The van der Waals surface area contributed by atoms with Gasteiger partial charge in [-0.1, -0.05) is 19.1 Å². The van der Waals surface area contributed by atoms with Gasteiger partial charge in [-0.15, -0.1) is 0 Å². The molecule has 0 amide bonds. The van der Waals surface area contributed by atoms with Crippen molar-refractivity contribution >= 4 is 15.7 Å². The molecule has 1 aromatic carbocycles. The molecule has 0 saturated carbocycles. The molecular formula is C14H25N3O2S. The van der Waals surface area contributed by atoms with E-state index in [9.17, 15) is 8.42 Å². The summed E-state index contributed by atoms with van der Waals surface area (Å²) in [6.07, 6.45) is 1.09. The van der Waals surface area contributed by atoms with E-state index in [2.05, 4.69) is 22.3 Å². The summed E-state index contributed by atoms with van der Waals surface area (Å²) in [5.74, 6) is 0. The second-order valence-corrected chi connectivity index (χ2v) is 6.63. The highest BCUT2D eigenvalue weighted by molar-refractivity contribution is 7.89. The minimum absolute atomic E-state index is 0.126. The Labute approximate surface area is 122 Å². The third kappa shape index (κ3) is 5.48. The molecule has 0 aliphatic heterocycles. The van der Waals surface area contributed by atoms with Crippen LogP contribution in [0.1, 0.15) is 27.2 Å². The molecule has 0 aliphatic carbocycles. The second kappa shape index (κ2) is 8.24. The van der Waals surface area contributed by atoms with Crippen molar-refractivity contribution < 1.29 is 8.42 Å². The van der Waals surface area contributed by atoms with Crippen molar-refractivity contribution in [3.63, 3.8) is 0 Å². The van der Waals surface area contributed by atoms with Crippen LogP contribution in [-0.2, 0) is 10.0 Å². The molecular weight excluding hydrogens is 274 g/mol. The number of hydrogen-bond donors (Lipinski definition) is 3. The molecule has 20 heavy (non-hydrogen) atoms. The minimum Gasteiger partial charge on any atom is -0.383 e. The largest absolute Gasteiger partial charge is 0.383 e. The van der Waals surface area contributed by atoms with E-state index in [4.69, 9.17) is 0 Å². The van der Waals surface area contributed by atoms with Gasteiger partial charge >= 0.3 is 0 Å². The van der Waals surface area contributed by atoms with Crippen LogP contribution in [0.2, 0.25) is 0 Å². The molecule has 0 radical (unpaired) electrons. The zero-order chi connectivity index (χ0) is 15.0. The quantitative estimate of drug-likeness (QED) is 0.608. The first kappa shape index (κ1) is 16.9. The molecule has 0 spiro atoms. The first-order valence-corrected chi connectivity index (χ1v) is 8.51. The molecule has 0 aromatic heterocycles. The van der Waals surface area contributed by atoms with E-state index in [0.717, 1.165) is 19.5 Å². The summed E-state index contributed by atoms with van der Waals surface area (Å²) in [6, 6.07) is 6.84. The van der Waals surface area contributed by atoms with Crippen LogP contribution in [0, 0.1) is 0 Å². The van der Waals surface area contributed by atoms with Gasteiger partial charge in [0.25, 0.3) is 0 Å². The Balaban J connectivity index is 2.73. The number of nitrogens with one attached hydrogen (secondary N) is 3. The van der Waals surface area contributed by atoms with Gasteiger partial charge in [0.2, 0.25) is 10.0 Å². The van der Waals surface area contributed by atoms with Crippen LogP contribution < -0.4 is 15.4 Å². The maximum absolute atomic E-state index is 12.2. The predicted molar refractivity (Wildman–Crippen MR) is 83.5 cm³/mol. The monoisotopic (exact) mass is 299 g/mol. The van der Waals surface area contributed by atoms with Crippen molar-refractivity contribution in [2.75, 3.05) is 25.0 Å². The number of sulfonamides is 1. The van der Waals surface area contributed by atoms with Gasteiger partial charge in [0.1, 0.15) is 4.90 Å². The summed E-state index contributed by atoms with van der Waals surface area (Å²) in [5.41, 5.74) is 0.638. The molecule has 6 heteroatoms. The molecule has 5 nitrogen and oxygen atoms in total. The summed E-state index contributed by atoms with van der Waals surface area (Å²) in [6.45, 7) is 8.19. The maximum atomic E-state index is 12.2. The summed E-state index contributed by atoms with van der Waals surface area (Å²) >= 11 is 0. The van der Waals surface area contributed by atoms with Crippen molar-refractivity contribution in [1.82, 2.24) is 10.0 Å². The number of anilines is 1. The summed E-state index contributed by atoms with van der Waals surface area (Å²) < 4.78 is 27.1. The Morgan fingerprint density at radius 1 is 1.10 bits per heavy atom. The normalized spacial score (nSPS) is 11.8. The van der Waals surface area contributed by atoms with E-state index in [1.54, 1.807) is 18.2 Å². The van der Waals surface area contributed by atoms with Crippen LogP contribution in [0.15, 0.2) is 29.2 Å². The molecule has 114 valence electrons. The van der Waals surface area contributed by atoms with Gasteiger partial charge in [-0.05, 0) is 38.9 Å². The van der Waals surface area contributed by atoms with Crippen molar-refractivity contribution in [3.05, 3.63) is 24.3 Å². The Kier molecular flexibility index (Phi) is 6.98. The second-order valence-electron chi connectivity index (χ2n) is 4.95. The lowest BCUT2D eigenvalue weighted by atomic mass is 10.3. The Morgan fingerprint density at radius 3 is 2.45 bits per heavy atom. The molecule has 0 heterocycles. The van der Waals surface area contributed by atoms with E-state index < -0.39 is 10.0 Å². The van der Waals surface area contributed by atoms with Gasteiger partial charge in [0.15, 0.2) is 0 Å². The first-order chi connectivity index (χ1) is 9.47. The summed E-state index contributed by atoms with van der Waals surface area (Å²) in [4.78, 5) is 0.296. The van der Waals surface area contributed by atoms with Gasteiger partial charge in [-0.2, -0.15) is 0 Å². The maximum Gasteiger partial charge on any atom is 0.242 e. The van der Waals surface area contributed by atoms with E-state index in [-0.39, 0.29) is 6.04 Å². The molecule has 0 saturated heterocycles. The first-order valence-electron chi connectivity index (χ1n) is 7.03. The Hall–Kier alpha value is -1.11. The molecule has 0 atom stereocenters. The van der Waals surface area contributed by atoms with Gasteiger partial charge in [-0.3, -0.25) is 0 Å². The molecule has 1 rings (SSSR count). The van der Waals surface area contributed by atoms with Gasteiger partial charge in [-0.25, -0.2) is 13.1 Å². The molecule has 1 aromatic rings. The number of hydrogen-bond acceptors (Lipinski definition) is 4. The van der Waals surface area contributed by atoms with Gasteiger partial charge in [0.05, 0.1) is 5.69 Å².